The number of hydrogen-bond donors (Lipinski definition) is 2. The Balaban J connectivity index is 2.42. The molecular formula is C11H22N2O2. The van der Waals surface area contributed by atoms with Crippen molar-refractivity contribution in [3.8, 4) is 0 Å². The molecule has 1 aliphatic rings. The number of aliphatic hydroxyl groups excluding tert-OH is 1. The Hall–Kier alpha value is -0.610. The summed E-state index contributed by atoms with van der Waals surface area (Å²) in [4.78, 5) is 13.4. The molecule has 0 aromatic carbocycles. The quantitative estimate of drug-likeness (QED) is 0.710. The summed E-state index contributed by atoms with van der Waals surface area (Å²) in [5, 5.41) is 12.8. The van der Waals surface area contributed by atoms with Crippen LogP contribution in [0.1, 0.15) is 32.6 Å². The van der Waals surface area contributed by atoms with E-state index < -0.39 is 0 Å². The lowest BCUT2D eigenvalue weighted by Crippen LogP contribution is -2.48. The van der Waals surface area contributed by atoms with E-state index in [1.807, 2.05) is 6.92 Å². The first kappa shape index (κ1) is 12.5. The van der Waals surface area contributed by atoms with Crippen LogP contribution in [0.25, 0.3) is 0 Å². The fourth-order valence-corrected chi connectivity index (χ4v) is 2.09. The third kappa shape index (κ3) is 3.47. The molecule has 1 aliphatic carbocycles. The summed E-state index contributed by atoms with van der Waals surface area (Å²) in [6.07, 6.45) is 3.60. The van der Waals surface area contributed by atoms with Crippen LogP contribution in [0, 0.1) is 0 Å². The predicted molar refractivity (Wildman–Crippen MR) is 59.6 cm³/mol. The SMILES string of the molecule is CCNCC(=O)N(C)C1CCCCC1O. The molecule has 1 fully saturated rings. The van der Waals surface area contributed by atoms with Crippen LogP contribution in [0.4, 0.5) is 0 Å². The minimum absolute atomic E-state index is 0.0184. The van der Waals surface area contributed by atoms with Gasteiger partial charge in [0.25, 0.3) is 0 Å². The van der Waals surface area contributed by atoms with E-state index in [0.29, 0.717) is 6.54 Å². The number of carbonyl (C=O) groups is 1. The van der Waals surface area contributed by atoms with Gasteiger partial charge in [-0.3, -0.25) is 4.79 Å². The third-order valence-corrected chi connectivity index (χ3v) is 3.11. The molecule has 0 spiro atoms. The van der Waals surface area contributed by atoms with Crippen LogP contribution in [-0.2, 0) is 4.79 Å². The van der Waals surface area contributed by atoms with E-state index in [9.17, 15) is 9.90 Å². The van der Waals surface area contributed by atoms with Crippen LogP contribution in [0.15, 0.2) is 0 Å². The Morgan fingerprint density at radius 1 is 1.47 bits per heavy atom. The van der Waals surface area contributed by atoms with Crippen LogP contribution in [0.2, 0.25) is 0 Å². The number of amides is 1. The highest BCUT2D eigenvalue weighted by atomic mass is 16.3. The van der Waals surface area contributed by atoms with Gasteiger partial charge in [-0.2, -0.15) is 0 Å². The summed E-state index contributed by atoms with van der Waals surface area (Å²) in [5.74, 6) is 0.0720. The fraction of sp³-hybridized carbons (Fsp3) is 0.909. The molecule has 0 saturated heterocycles. The monoisotopic (exact) mass is 214 g/mol. The predicted octanol–water partition coefficient (Wildman–Crippen LogP) is 0.358. The topological polar surface area (TPSA) is 52.6 Å². The van der Waals surface area contributed by atoms with Crippen molar-refractivity contribution in [1.82, 2.24) is 10.2 Å². The van der Waals surface area contributed by atoms with Crippen molar-refractivity contribution in [2.75, 3.05) is 20.1 Å². The average Bonchev–Trinajstić information content (AvgIpc) is 2.25. The van der Waals surface area contributed by atoms with E-state index in [-0.39, 0.29) is 18.1 Å². The van der Waals surface area contributed by atoms with E-state index >= 15 is 0 Å². The maximum atomic E-state index is 11.7. The van der Waals surface area contributed by atoms with Gasteiger partial charge in [0, 0.05) is 7.05 Å². The lowest BCUT2D eigenvalue weighted by atomic mass is 9.91. The molecule has 88 valence electrons. The highest BCUT2D eigenvalue weighted by Gasteiger charge is 2.28. The first-order valence-corrected chi connectivity index (χ1v) is 5.81. The van der Waals surface area contributed by atoms with Crippen molar-refractivity contribution in [2.45, 2.75) is 44.8 Å². The number of likely N-dealkylation sites (N-methyl/N-ethyl adjacent to an activating group) is 2. The number of carbonyl (C=O) groups excluding carboxylic acids is 1. The molecule has 15 heavy (non-hydrogen) atoms. The first-order chi connectivity index (χ1) is 7.16. The molecule has 2 unspecified atom stereocenters. The molecule has 2 N–H and O–H groups in total. The van der Waals surface area contributed by atoms with Crippen molar-refractivity contribution in [2.24, 2.45) is 0 Å². The average molecular weight is 214 g/mol. The number of nitrogens with one attached hydrogen (secondary N) is 1. The molecule has 2 atom stereocenters. The third-order valence-electron chi connectivity index (χ3n) is 3.11. The normalized spacial score (nSPS) is 26.3. The molecule has 0 heterocycles. The van der Waals surface area contributed by atoms with Gasteiger partial charge in [0.05, 0.1) is 18.7 Å². The molecule has 1 saturated carbocycles. The van der Waals surface area contributed by atoms with Gasteiger partial charge in [0.1, 0.15) is 0 Å². The minimum atomic E-state index is -0.339. The molecule has 0 bridgehead atoms. The molecule has 4 nitrogen and oxygen atoms in total. The Kier molecular flexibility index (Phi) is 5.05. The van der Waals surface area contributed by atoms with E-state index in [0.717, 1.165) is 32.2 Å². The van der Waals surface area contributed by atoms with Gasteiger partial charge in [0.2, 0.25) is 5.91 Å². The van der Waals surface area contributed by atoms with Crippen LogP contribution < -0.4 is 5.32 Å². The summed E-state index contributed by atoms with van der Waals surface area (Å²) in [7, 11) is 1.79. The van der Waals surface area contributed by atoms with Gasteiger partial charge < -0.3 is 15.3 Å². The van der Waals surface area contributed by atoms with E-state index in [1.54, 1.807) is 11.9 Å². The maximum Gasteiger partial charge on any atom is 0.236 e. The van der Waals surface area contributed by atoms with Crippen LogP contribution in [-0.4, -0.2) is 48.2 Å². The van der Waals surface area contributed by atoms with E-state index in [4.69, 9.17) is 0 Å². The molecule has 0 aliphatic heterocycles. The van der Waals surface area contributed by atoms with E-state index in [1.165, 1.54) is 0 Å². The molecule has 0 aromatic rings. The first-order valence-electron chi connectivity index (χ1n) is 5.81. The molecule has 0 aromatic heterocycles. The van der Waals surface area contributed by atoms with Crippen molar-refractivity contribution < 1.29 is 9.90 Å². The molecule has 0 radical (unpaired) electrons. The van der Waals surface area contributed by atoms with Crippen LogP contribution in [0.3, 0.4) is 0 Å². The van der Waals surface area contributed by atoms with Gasteiger partial charge in [0.15, 0.2) is 0 Å². The zero-order chi connectivity index (χ0) is 11.3. The minimum Gasteiger partial charge on any atom is -0.391 e. The van der Waals surface area contributed by atoms with Gasteiger partial charge in [-0.1, -0.05) is 19.8 Å². The molecule has 1 amide bonds. The summed E-state index contributed by atoms with van der Waals surface area (Å²) in [6, 6.07) is 0.0184. The Bertz CT molecular complexity index is 209. The van der Waals surface area contributed by atoms with E-state index in [2.05, 4.69) is 5.32 Å². The van der Waals surface area contributed by atoms with Gasteiger partial charge in [-0.25, -0.2) is 0 Å². The summed E-state index contributed by atoms with van der Waals surface area (Å²) in [5.41, 5.74) is 0. The highest BCUT2D eigenvalue weighted by molar-refractivity contribution is 5.78. The fourth-order valence-electron chi connectivity index (χ4n) is 2.09. The van der Waals surface area contributed by atoms with Crippen LogP contribution >= 0.6 is 0 Å². The smallest absolute Gasteiger partial charge is 0.236 e. The second kappa shape index (κ2) is 6.08. The molecule has 4 heteroatoms. The number of hydrogen-bond acceptors (Lipinski definition) is 3. The van der Waals surface area contributed by atoms with Crippen LogP contribution in [0.5, 0.6) is 0 Å². The Labute approximate surface area is 91.6 Å². The number of rotatable bonds is 4. The summed E-state index contributed by atoms with van der Waals surface area (Å²) in [6.45, 7) is 3.14. The zero-order valence-corrected chi connectivity index (χ0v) is 9.70. The van der Waals surface area contributed by atoms with Crippen molar-refractivity contribution >= 4 is 5.91 Å². The lowest BCUT2D eigenvalue weighted by Gasteiger charge is -2.35. The highest BCUT2D eigenvalue weighted by Crippen LogP contribution is 2.22. The second-order valence-corrected chi connectivity index (χ2v) is 4.20. The largest absolute Gasteiger partial charge is 0.391 e. The van der Waals surface area contributed by atoms with Gasteiger partial charge >= 0.3 is 0 Å². The molecule has 1 rings (SSSR count). The van der Waals surface area contributed by atoms with Gasteiger partial charge in [-0.15, -0.1) is 0 Å². The Morgan fingerprint density at radius 3 is 2.73 bits per heavy atom. The number of aliphatic hydroxyl groups is 1. The van der Waals surface area contributed by atoms with Crippen molar-refractivity contribution in [3.05, 3.63) is 0 Å². The zero-order valence-electron chi connectivity index (χ0n) is 9.70. The molecular weight excluding hydrogens is 192 g/mol. The summed E-state index contributed by atoms with van der Waals surface area (Å²) >= 11 is 0. The summed E-state index contributed by atoms with van der Waals surface area (Å²) < 4.78 is 0. The maximum absolute atomic E-state index is 11.7. The second-order valence-electron chi connectivity index (χ2n) is 4.20. The van der Waals surface area contributed by atoms with Crippen molar-refractivity contribution in [1.29, 1.82) is 0 Å². The Morgan fingerprint density at radius 2 is 2.13 bits per heavy atom. The van der Waals surface area contributed by atoms with Gasteiger partial charge in [-0.05, 0) is 19.4 Å². The van der Waals surface area contributed by atoms with Crippen molar-refractivity contribution in [3.63, 3.8) is 0 Å². The standard InChI is InChI=1S/C11H22N2O2/c1-3-12-8-11(15)13(2)9-6-4-5-7-10(9)14/h9-10,12,14H,3-8H2,1-2H3. The lowest BCUT2D eigenvalue weighted by molar-refractivity contribution is -0.134. The number of nitrogens with zero attached hydrogens (tertiary/aromatic N) is 1.